The molecule has 7 nitrogen and oxygen atoms in total. The fraction of sp³-hybridized carbons (Fsp3) is 0.448. The summed E-state index contributed by atoms with van der Waals surface area (Å²) >= 11 is 1.12. The summed E-state index contributed by atoms with van der Waals surface area (Å²) in [7, 11) is 3.62. The van der Waals surface area contributed by atoms with Crippen LogP contribution in [-0.4, -0.2) is 81.7 Å². The molecule has 1 fully saturated rings. The van der Waals surface area contributed by atoms with Crippen LogP contribution in [0.25, 0.3) is 22.0 Å². The first kappa shape index (κ1) is 30.5. The predicted octanol–water partition coefficient (Wildman–Crippen LogP) is 4.80. The third-order valence-corrected chi connectivity index (χ3v) is 9.29. The summed E-state index contributed by atoms with van der Waals surface area (Å²) in [5, 5.41) is 10.6. The van der Waals surface area contributed by atoms with E-state index >= 15 is 4.39 Å². The van der Waals surface area contributed by atoms with Crippen molar-refractivity contribution in [3.8, 4) is 11.1 Å². The van der Waals surface area contributed by atoms with Crippen LogP contribution in [0.15, 0.2) is 46.6 Å². The molecule has 226 valence electrons. The lowest BCUT2D eigenvalue weighted by Crippen LogP contribution is -2.60. The van der Waals surface area contributed by atoms with Gasteiger partial charge in [0.2, 0.25) is 0 Å². The molecule has 3 heterocycles. The summed E-state index contributed by atoms with van der Waals surface area (Å²) in [5.41, 5.74) is -2.32. The van der Waals surface area contributed by atoms with Gasteiger partial charge >= 0.3 is 11.9 Å². The van der Waals surface area contributed by atoms with Gasteiger partial charge in [0.1, 0.15) is 23.7 Å². The van der Waals surface area contributed by atoms with E-state index in [1.807, 2.05) is 37.7 Å². The van der Waals surface area contributed by atoms with Crippen LogP contribution in [0.3, 0.4) is 0 Å². The van der Waals surface area contributed by atoms with Crippen molar-refractivity contribution in [3.63, 3.8) is 0 Å². The lowest BCUT2D eigenvalue weighted by molar-refractivity contribution is -0.137. The van der Waals surface area contributed by atoms with Gasteiger partial charge in [0.05, 0.1) is 11.1 Å². The minimum absolute atomic E-state index is 0.0947. The molecule has 0 radical (unpaired) electrons. The molecule has 0 amide bonds. The molecule has 0 saturated carbocycles. The van der Waals surface area contributed by atoms with Crippen molar-refractivity contribution >= 4 is 28.5 Å². The van der Waals surface area contributed by atoms with E-state index in [1.165, 1.54) is 10.6 Å². The van der Waals surface area contributed by atoms with Crippen molar-refractivity contribution in [2.24, 2.45) is 0 Å². The van der Waals surface area contributed by atoms with E-state index in [2.05, 4.69) is 11.6 Å². The molecule has 2 aliphatic heterocycles. The summed E-state index contributed by atoms with van der Waals surface area (Å²) in [4.78, 5) is 23.6. The van der Waals surface area contributed by atoms with Crippen molar-refractivity contribution in [2.75, 3.05) is 37.8 Å². The first-order chi connectivity index (χ1) is 19.7. The van der Waals surface area contributed by atoms with Crippen molar-refractivity contribution in [3.05, 3.63) is 64.6 Å². The summed E-state index contributed by atoms with van der Waals surface area (Å²) in [6.07, 6.45) is -4.41. The van der Waals surface area contributed by atoms with Crippen LogP contribution < -0.4 is 10.6 Å². The number of anilines is 1. The Balaban J connectivity index is 1.83. The van der Waals surface area contributed by atoms with Gasteiger partial charge in [-0.05, 0) is 52.2 Å². The summed E-state index contributed by atoms with van der Waals surface area (Å²) < 4.78 is 74.8. The number of rotatable bonds is 5. The highest BCUT2D eigenvalue weighted by Crippen LogP contribution is 2.49. The van der Waals surface area contributed by atoms with E-state index in [0.29, 0.717) is 11.8 Å². The molecule has 1 saturated heterocycles. The number of aliphatic hydroxyl groups excluding tert-OH is 1. The average molecular weight is 610 g/mol. The fourth-order valence-corrected chi connectivity index (χ4v) is 7.52. The van der Waals surface area contributed by atoms with E-state index in [-0.39, 0.29) is 59.4 Å². The first-order valence-corrected chi connectivity index (χ1v) is 14.5. The standard InChI is InChI=1S/C29H32F5N5O2S/c1-6-23(40)39-15(2)11-37(12-16(39)3)27-20-10-21(29(32,33)34)24(19-8-7-17(30)9-22(19)31)26-25(20)38(28(41)35-27)13-18(14-42-26)36(4)5/h6-10,15-16,18,23,40H,1,11-14H2,2-5H3/t15-,16+,18-,23?/m1/s1. The maximum absolute atomic E-state index is 15.2. The second kappa shape index (κ2) is 11.3. The molecule has 2 aromatic carbocycles. The number of piperazine rings is 1. The highest BCUT2D eigenvalue weighted by Gasteiger charge is 2.40. The Morgan fingerprint density at radius 2 is 1.81 bits per heavy atom. The Kier molecular flexibility index (Phi) is 8.16. The number of nitrogens with zero attached hydrogens (tertiary/aromatic N) is 5. The molecule has 13 heteroatoms. The molecule has 0 spiro atoms. The van der Waals surface area contributed by atoms with Gasteiger partial charge in [0.25, 0.3) is 0 Å². The average Bonchev–Trinajstić information content (AvgIpc) is 3.11. The predicted molar refractivity (Wildman–Crippen MR) is 154 cm³/mol. The SMILES string of the molecule is C=CC(O)N1[C@H](C)CN(c2nc(=O)n3c4c(c(-c5ccc(F)cc5F)c(C(F)(F)F)cc24)SC[C@H](N(C)C)C3)C[C@@H]1C. The van der Waals surface area contributed by atoms with Gasteiger partial charge < -0.3 is 14.9 Å². The van der Waals surface area contributed by atoms with E-state index in [4.69, 9.17) is 0 Å². The Morgan fingerprint density at radius 1 is 1.14 bits per heavy atom. The second-order valence-electron chi connectivity index (χ2n) is 11.1. The zero-order valence-electron chi connectivity index (χ0n) is 23.6. The topological polar surface area (TPSA) is 64.8 Å². The van der Waals surface area contributed by atoms with Crippen LogP contribution >= 0.6 is 11.8 Å². The van der Waals surface area contributed by atoms with E-state index in [1.54, 1.807) is 4.90 Å². The molecule has 3 aromatic rings. The van der Waals surface area contributed by atoms with Crippen LogP contribution in [0.1, 0.15) is 19.4 Å². The number of benzene rings is 2. The maximum Gasteiger partial charge on any atom is 0.417 e. The molecule has 42 heavy (non-hydrogen) atoms. The monoisotopic (exact) mass is 609 g/mol. The number of hydrogen-bond acceptors (Lipinski definition) is 7. The Labute approximate surface area is 244 Å². The van der Waals surface area contributed by atoms with Crippen LogP contribution in [0.4, 0.5) is 27.8 Å². The minimum Gasteiger partial charge on any atom is -0.375 e. The van der Waals surface area contributed by atoms with Gasteiger partial charge in [-0.25, -0.2) is 13.6 Å². The minimum atomic E-state index is -4.90. The largest absolute Gasteiger partial charge is 0.417 e. The van der Waals surface area contributed by atoms with Crippen LogP contribution in [0.5, 0.6) is 0 Å². The molecule has 5 rings (SSSR count). The molecule has 1 unspecified atom stereocenters. The number of likely N-dealkylation sites (N-methyl/N-ethyl adjacent to an activating group) is 1. The zero-order valence-corrected chi connectivity index (χ0v) is 24.4. The normalized spacial score (nSPS) is 22.5. The van der Waals surface area contributed by atoms with E-state index < -0.39 is 46.4 Å². The van der Waals surface area contributed by atoms with Crippen molar-refractivity contribution < 1.29 is 27.1 Å². The van der Waals surface area contributed by atoms with Gasteiger partial charge in [-0.1, -0.05) is 6.58 Å². The molecule has 1 N–H and O–H groups in total. The molecular weight excluding hydrogens is 577 g/mol. The molecule has 1 aromatic heterocycles. The highest BCUT2D eigenvalue weighted by molar-refractivity contribution is 7.99. The number of hydrogen-bond donors (Lipinski definition) is 1. The number of alkyl halides is 3. The van der Waals surface area contributed by atoms with Gasteiger partial charge in [-0.3, -0.25) is 9.47 Å². The smallest absolute Gasteiger partial charge is 0.375 e. The molecular formula is C29H32F5N5O2S. The van der Waals surface area contributed by atoms with E-state index in [0.717, 1.165) is 30.0 Å². The second-order valence-corrected chi connectivity index (χ2v) is 12.1. The van der Waals surface area contributed by atoms with Gasteiger partial charge in [-0.15, -0.1) is 11.8 Å². The number of thioether (sulfide) groups is 1. The lowest BCUT2D eigenvalue weighted by atomic mass is 9.95. The fourth-order valence-electron chi connectivity index (χ4n) is 6.03. The third kappa shape index (κ3) is 5.31. The van der Waals surface area contributed by atoms with Crippen molar-refractivity contribution in [1.82, 2.24) is 19.4 Å². The highest BCUT2D eigenvalue weighted by atomic mass is 32.2. The maximum atomic E-state index is 15.2. The summed E-state index contributed by atoms with van der Waals surface area (Å²) in [6, 6.07) is 2.68. The van der Waals surface area contributed by atoms with E-state index in [9.17, 15) is 27.5 Å². The molecule has 0 aliphatic carbocycles. The Hall–Kier alpha value is -3.00. The number of aliphatic hydroxyl groups is 1. The molecule has 0 bridgehead atoms. The van der Waals surface area contributed by atoms with Crippen LogP contribution in [0.2, 0.25) is 0 Å². The van der Waals surface area contributed by atoms with Crippen LogP contribution in [0, 0.1) is 11.6 Å². The quantitative estimate of drug-likeness (QED) is 0.330. The Bertz CT molecular complexity index is 1580. The van der Waals surface area contributed by atoms with Gasteiger partial charge in [0.15, 0.2) is 0 Å². The number of aromatic nitrogens is 2. The summed E-state index contributed by atoms with van der Waals surface area (Å²) in [6.45, 7) is 8.11. The molecule has 2 aliphatic rings. The third-order valence-electron chi connectivity index (χ3n) is 8.05. The van der Waals surface area contributed by atoms with Gasteiger partial charge in [-0.2, -0.15) is 18.2 Å². The van der Waals surface area contributed by atoms with Crippen molar-refractivity contribution in [2.45, 2.75) is 55.8 Å². The Morgan fingerprint density at radius 3 is 2.38 bits per heavy atom. The van der Waals surface area contributed by atoms with Gasteiger partial charge in [0, 0.05) is 71.0 Å². The van der Waals surface area contributed by atoms with Crippen LogP contribution in [-0.2, 0) is 12.7 Å². The first-order valence-electron chi connectivity index (χ1n) is 13.5. The zero-order chi connectivity index (χ0) is 30.7. The lowest BCUT2D eigenvalue weighted by Gasteiger charge is -2.46. The summed E-state index contributed by atoms with van der Waals surface area (Å²) in [5.74, 6) is -1.63. The molecule has 4 atom stereocenters. The number of halogens is 5. The van der Waals surface area contributed by atoms with Crippen molar-refractivity contribution in [1.29, 1.82) is 0 Å².